The Labute approximate surface area is 189 Å². The fraction of sp³-hybridized carbons (Fsp3) is 0.250. The highest BCUT2D eigenvalue weighted by molar-refractivity contribution is 6.07. The number of para-hydroxylation sites is 1. The summed E-state index contributed by atoms with van der Waals surface area (Å²) >= 11 is 0. The number of pyridine rings is 1. The fourth-order valence-electron chi connectivity index (χ4n) is 4.20. The van der Waals surface area contributed by atoms with Crippen LogP contribution in [-0.2, 0) is 4.74 Å². The Kier molecular flexibility index (Phi) is 5.47. The quantitative estimate of drug-likeness (QED) is 0.524. The molecule has 3 aromatic rings. The van der Waals surface area contributed by atoms with Crippen LogP contribution in [-0.4, -0.2) is 49.4 Å². The number of anilines is 2. The fourth-order valence-corrected chi connectivity index (χ4v) is 4.20. The minimum Gasteiger partial charge on any atom is -0.492 e. The van der Waals surface area contributed by atoms with Crippen molar-refractivity contribution in [2.24, 2.45) is 0 Å². The summed E-state index contributed by atoms with van der Waals surface area (Å²) in [5.74, 6) is -0.262. The molecule has 2 bridgehead atoms. The Bertz CT molecular complexity index is 1240. The minimum atomic E-state index is -0.508. The second kappa shape index (κ2) is 8.59. The van der Waals surface area contributed by atoms with Gasteiger partial charge in [-0.15, -0.1) is 0 Å². The molecular weight excluding hydrogens is 427 g/mol. The second-order valence-electron chi connectivity index (χ2n) is 7.77. The molecule has 9 heteroatoms. The maximum atomic E-state index is 14.4. The molecule has 1 aromatic carbocycles. The van der Waals surface area contributed by atoms with Gasteiger partial charge in [0.25, 0.3) is 5.91 Å². The number of amides is 1. The first-order chi connectivity index (χ1) is 16.1. The van der Waals surface area contributed by atoms with E-state index in [0.717, 1.165) is 5.69 Å². The number of nitrogens with one attached hydrogen (secondary N) is 3. The van der Waals surface area contributed by atoms with Gasteiger partial charge in [0.1, 0.15) is 18.5 Å². The Morgan fingerprint density at radius 3 is 2.94 bits per heavy atom. The molecule has 2 aliphatic heterocycles. The van der Waals surface area contributed by atoms with Crippen LogP contribution in [0.15, 0.2) is 48.8 Å². The number of methoxy groups -OCH3 is 2. The Morgan fingerprint density at radius 1 is 1.24 bits per heavy atom. The standard InChI is InChI=1S/C24H23FN4O4/c1-31-14-7-6-13-10-27-24(30)19-20(13)29-21(15-8-9-26-11-18(15)33-12-14)22(19)28-17-5-3-4-16(25)23(17)32-2/h3-9,11,13-14,28-29H,10,12H2,1-2H3,(H,27,30)/b7-6-/t13-,14+/m1/s1. The maximum Gasteiger partial charge on any atom is 0.255 e. The number of halogens is 1. The van der Waals surface area contributed by atoms with Gasteiger partial charge in [-0.3, -0.25) is 9.78 Å². The molecular formula is C24H23FN4O4. The summed E-state index contributed by atoms with van der Waals surface area (Å²) in [6.07, 6.45) is 6.93. The van der Waals surface area contributed by atoms with E-state index in [2.05, 4.69) is 20.6 Å². The zero-order valence-corrected chi connectivity index (χ0v) is 18.1. The average molecular weight is 450 g/mol. The van der Waals surface area contributed by atoms with Crippen molar-refractivity contribution in [3.8, 4) is 22.8 Å². The molecule has 2 aliphatic rings. The van der Waals surface area contributed by atoms with Crippen LogP contribution < -0.4 is 20.1 Å². The van der Waals surface area contributed by atoms with Crippen LogP contribution in [0.5, 0.6) is 11.5 Å². The van der Waals surface area contributed by atoms with Crippen molar-refractivity contribution >= 4 is 17.3 Å². The molecule has 5 rings (SSSR count). The van der Waals surface area contributed by atoms with Gasteiger partial charge in [0.2, 0.25) is 0 Å². The zero-order valence-electron chi connectivity index (χ0n) is 18.1. The summed E-state index contributed by atoms with van der Waals surface area (Å²) in [6.45, 7) is 0.732. The summed E-state index contributed by atoms with van der Waals surface area (Å²) < 4.78 is 31.2. The number of fused-ring (bicyclic) bond motifs is 3. The molecule has 2 atom stereocenters. The van der Waals surface area contributed by atoms with Crippen LogP contribution in [0.4, 0.5) is 15.8 Å². The summed E-state index contributed by atoms with van der Waals surface area (Å²) in [5, 5.41) is 6.19. The van der Waals surface area contributed by atoms with Gasteiger partial charge in [-0.05, 0) is 18.2 Å². The van der Waals surface area contributed by atoms with E-state index in [0.29, 0.717) is 47.1 Å². The molecule has 0 saturated heterocycles. The highest BCUT2D eigenvalue weighted by atomic mass is 19.1. The number of hydrogen-bond acceptors (Lipinski definition) is 6. The number of carbonyl (C=O) groups excluding carboxylic acids is 1. The predicted octanol–water partition coefficient (Wildman–Crippen LogP) is 3.76. The van der Waals surface area contributed by atoms with E-state index in [1.54, 1.807) is 37.7 Å². The number of aromatic nitrogens is 2. The summed E-state index contributed by atoms with van der Waals surface area (Å²) in [7, 11) is 3.02. The molecule has 2 aromatic heterocycles. The SMILES string of the molecule is COc1c(F)cccc1Nc1c2[nH]c3c1C(=O)NC[C@H]3/C=C\[C@H](OC)COc1cnccc1-2. The lowest BCUT2D eigenvalue weighted by atomic mass is 9.95. The average Bonchev–Trinajstić information content (AvgIpc) is 3.19. The monoisotopic (exact) mass is 450 g/mol. The summed E-state index contributed by atoms with van der Waals surface area (Å²) in [6, 6.07) is 6.40. The first-order valence-corrected chi connectivity index (χ1v) is 10.5. The number of hydrogen-bond donors (Lipinski definition) is 3. The van der Waals surface area contributed by atoms with Crippen molar-refractivity contribution in [2.75, 3.05) is 32.7 Å². The van der Waals surface area contributed by atoms with Gasteiger partial charge in [0, 0.05) is 37.0 Å². The largest absolute Gasteiger partial charge is 0.492 e. The van der Waals surface area contributed by atoms with Gasteiger partial charge in [0.05, 0.1) is 35.9 Å². The molecule has 0 radical (unpaired) electrons. The normalized spacial score (nSPS) is 20.0. The van der Waals surface area contributed by atoms with E-state index in [9.17, 15) is 9.18 Å². The topological polar surface area (TPSA) is 97.5 Å². The molecule has 3 N–H and O–H groups in total. The highest BCUT2D eigenvalue weighted by Crippen LogP contribution is 2.44. The number of rotatable bonds is 4. The lowest BCUT2D eigenvalue weighted by Crippen LogP contribution is -2.34. The number of H-pyrrole nitrogens is 1. The third-order valence-corrected chi connectivity index (χ3v) is 5.86. The van der Waals surface area contributed by atoms with E-state index in [1.807, 2.05) is 12.2 Å². The van der Waals surface area contributed by atoms with Crippen LogP contribution in [0, 0.1) is 5.82 Å². The summed E-state index contributed by atoms with van der Waals surface area (Å²) in [4.78, 5) is 20.7. The molecule has 170 valence electrons. The Morgan fingerprint density at radius 2 is 2.12 bits per heavy atom. The third kappa shape index (κ3) is 3.70. The number of carbonyl (C=O) groups is 1. The van der Waals surface area contributed by atoms with Gasteiger partial charge in [-0.25, -0.2) is 4.39 Å². The van der Waals surface area contributed by atoms with Gasteiger partial charge in [-0.1, -0.05) is 18.2 Å². The van der Waals surface area contributed by atoms with Gasteiger partial charge in [0.15, 0.2) is 11.6 Å². The van der Waals surface area contributed by atoms with Crippen LogP contribution in [0.3, 0.4) is 0 Å². The van der Waals surface area contributed by atoms with Gasteiger partial charge >= 0.3 is 0 Å². The van der Waals surface area contributed by atoms with Crippen molar-refractivity contribution in [2.45, 2.75) is 12.0 Å². The molecule has 0 saturated carbocycles. The summed E-state index contributed by atoms with van der Waals surface area (Å²) in [5.41, 5.74) is 3.45. The Hall–Kier alpha value is -3.85. The van der Waals surface area contributed by atoms with Crippen molar-refractivity contribution in [1.82, 2.24) is 15.3 Å². The highest BCUT2D eigenvalue weighted by Gasteiger charge is 2.33. The van der Waals surface area contributed by atoms with Crippen molar-refractivity contribution in [1.29, 1.82) is 0 Å². The molecule has 0 aliphatic carbocycles. The van der Waals surface area contributed by atoms with Crippen molar-refractivity contribution < 1.29 is 23.4 Å². The maximum absolute atomic E-state index is 14.4. The Balaban J connectivity index is 1.74. The number of benzene rings is 1. The lowest BCUT2D eigenvalue weighted by Gasteiger charge is -2.22. The first kappa shape index (κ1) is 21.0. The van der Waals surface area contributed by atoms with Gasteiger partial charge in [-0.2, -0.15) is 0 Å². The van der Waals surface area contributed by atoms with Crippen LogP contribution in [0.25, 0.3) is 11.3 Å². The van der Waals surface area contributed by atoms with E-state index >= 15 is 0 Å². The molecule has 33 heavy (non-hydrogen) atoms. The van der Waals surface area contributed by atoms with E-state index < -0.39 is 5.82 Å². The smallest absolute Gasteiger partial charge is 0.255 e. The van der Waals surface area contributed by atoms with Crippen LogP contribution in [0.1, 0.15) is 22.0 Å². The van der Waals surface area contributed by atoms with Crippen molar-refractivity contribution in [3.05, 3.63) is 65.9 Å². The van der Waals surface area contributed by atoms with E-state index in [4.69, 9.17) is 14.2 Å². The number of nitrogens with zero attached hydrogens (tertiary/aromatic N) is 1. The molecule has 0 unspecified atom stereocenters. The molecule has 8 nitrogen and oxygen atoms in total. The minimum absolute atomic E-state index is 0.0568. The van der Waals surface area contributed by atoms with Crippen LogP contribution >= 0.6 is 0 Å². The molecule has 0 spiro atoms. The van der Waals surface area contributed by atoms with Crippen LogP contribution in [0.2, 0.25) is 0 Å². The van der Waals surface area contributed by atoms with Gasteiger partial charge < -0.3 is 29.8 Å². The van der Waals surface area contributed by atoms with E-state index in [-0.39, 0.29) is 23.7 Å². The number of aromatic amines is 1. The lowest BCUT2D eigenvalue weighted by molar-refractivity contribution is 0.0912. The first-order valence-electron chi connectivity index (χ1n) is 10.5. The predicted molar refractivity (Wildman–Crippen MR) is 121 cm³/mol. The number of ether oxygens (including phenoxy) is 3. The molecule has 1 amide bonds. The molecule has 4 heterocycles. The second-order valence-corrected chi connectivity index (χ2v) is 7.77. The third-order valence-electron chi connectivity index (χ3n) is 5.86. The van der Waals surface area contributed by atoms with E-state index in [1.165, 1.54) is 13.2 Å². The van der Waals surface area contributed by atoms with Crippen molar-refractivity contribution in [3.63, 3.8) is 0 Å². The zero-order chi connectivity index (χ0) is 22.9. The molecule has 0 fully saturated rings.